The van der Waals surface area contributed by atoms with Gasteiger partial charge in [-0.05, 0) is 72.6 Å². The topological polar surface area (TPSA) is 65.1 Å². The highest BCUT2D eigenvalue weighted by atomic mass is 16.6. The van der Waals surface area contributed by atoms with Gasteiger partial charge in [0.2, 0.25) is 0 Å². The van der Waals surface area contributed by atoms with Crippen LogP contribution in [-0.4, -0.2) is 47.5 Å². The average molecular weight is 386 g/mol. The first kappa shape index (κ1) is 23.7. The van der Waals surface area contributed by atoms with Crippen molar-refractivity contribution in [3.8, 4) is 0 Å². The van der Waals surface area contributed by atoms with E-state index in [0.717, 1.165) is 19.3 Å². The Balaban J connectivity index is 2.90. The third-order valence-electron chi connectivity index (χ3n) is 4.69. The van der Waals surface area contributed by atoms with Crippen LogP contribution in [0.15, 0.2) is 0 Å². The first-order valence-corrected chi connectivity index (χ1v) is 10.2. The number of ether oxygens (including phenoxy) is 3. The molecule has 1 aliphatic rings. The van der Waals surface area contributed by atoms with Crippen molar-refractivity contribution >= 4 is 12.1 Å². The molecule has 2 atom stereocenters. The predicted octanol–water partition coefficient (Wildman–Crippen LogP) is 4.75. The van der Waals surface area contributed by atoms with E-state index in [2.05, 4.69) is 13.8 Å². The molecule has 0 spiro atoms. The maximum Gasteiger partial charge on any atom is 0.412 e. The minimum absolute atomic E-state index is 0.0561. The number of amides is 1. The van der Waals surface area contributed by atoms with Gasteiger partial charge >= 0.3 is 12.1 Å². The van der Waals surface area contributed by atoms with E-state index in [1.807, 2.05) is 41.5 Å². The fourth-order valence-electron chi connectivity index (χ4n) is 3.66. The van der Waals surface area contributed by atoms with Crippen molar-refractivity contribution in [3.63, 3.8) is 0 Å². The van der Waals surface area contributed by atoms with E-state index in [-0.39, 0.29) is 24.0 Å². The summed E-state index contributed by atoms with van der Waals surface area (Å²) in [5, 5.41) is 0. The van der Waals surface area contributed by atoms with E-state index in [9.17, 15) is 9.59 Å². The van der Waals surface area contributed by atoms with Gasteiger partial charge in [-0.3, -0.25) is 9.69 Å². The maximum atomic E-state index is 12.9. The number of rotatable bonds is 8. The summed E-state index contributed by atoms with van der Waals surface area (Å²) in [6.07, 6.45) is 2.63. The molecule has 0 aromatic rings. The zero-order valence-corrected chi connectivity index (χ0v) is 18.5. The van der Waals surface area contributed by atoms with Crippen LogP contribution in [0.3, 0.4) is 0 Å². The predicted molar refractivity (Wildman–Crippen MR) is 105 cm³/mol. The SMILES string of the molecule is CCOC(=O)CCCC(CC(C)C)C1COC(C)(C)N1C(=O)OC(C)(C)C. The first-order valence-electron chi connectivity index (χ1n) is 10.2. The lowest BCUT2D eigenvalue weighted by Crippen LogP contribution is -2.52. The molecule has 0 bridgehead atoms. The van der Waals surface area contributed by atoms with Gasteiger partial charge in [0.15, 0.2) is 0 Å². The summed E-state index contributed by atoms with van der Waals surface area (Å²) in [6.45, 7) is 16.5. The highest BCUT2D eigenvalue weighted by Gasteiger charge is 2.48. The van der Waals surface area contributed by atoms with Crippen LogP contribution in [-0.2, 0) is 19.0 Å². The average Bonchev–Trinajstić information content (AvgIpc) is 2.79. The quantitative estimate of drug-likeness (QED) is 0.564. The summed E-state index contributed by atoms with van der Waals surface area (Å²) in [5.41, 5.74) is -1.26. The molecule has 0 radical (unpaired) electrons. The Hall–Kier alpha value is -1.30. The number of carbonyl (C=O) groups excluding carboxylic acids is 2. The van der Waals surface area contributed by atoms with Gasteiger partial charge in [-0.2, -0.15) is 0 Å². The minimum Gasteiger partial charge on any atom is -0.466 e. The molecule has 2 unspecified atom stereocenters. The molecule has 0 aromatic carbocycles. The Morgan fingerprint density at radius 1 is 1.26 bits per heavy atom. The molecule has 1 fully saturated rings. The van der Waals surface area contributed by atoms with E-state index in [4.69, 9.17) is 14.2 Å². The minimum atomic E-state index is -0.705. The molecule has 0 N–H and O–H groups in total. The number of esters is 1. The number of carbonyl (C=O) groups is 2. The molecular weight excluding hydrogens is 346 g/mol. The molecule has 27 heavy (non-hydrogen) atoms. The van der Waals surface area contributed by atoms with Gasteiger partial charge in [-0.15, -0.1) is 0 Å². The van der Waals surface area contributed by atoms with Crippen molar-refractivity contribution in [1.82, 2.24) is 4.90 Å². The van der Waals surface area contributed by atoms with Crippen molar-refractivity contribution in [2.24, 2.45) is 11.8 Å². The second-order valence-corrected chi connectivity index (χ2v) is 9.26. The summed E-state index contributed by atoms with van der Waals surface area (Å²) in [4.78, 5) is 26.3. The Labute approximate surface area is 164 Å². The Bertz CT molecular complexity index is 495. The summed E-state index contributed by atoms with van der Waals surface area (Å²) < 4.78 is 16.6. The molecule has 1 aliphatic heterocycles. The lowest BCUT2D eigenvalue weighted by atomic mass is 9.85. The smallest absolute Gasteiger partial charge is 0.412 e. The van der Waals surface area contributed by atoms with Crippen molar-refractivity contribution in [3.05, 3.63) is 0 Å². The molecule has 0 aliphatic carbocycles. The van der Waals surface area contributed by atoms with Gasteiger partial charge in [-0.1, -0.05) is 13.8 Å². The molecule has 0 aromatic heterocycles. The molecule has 1 saturated heterocycles. The second kappa shape index (κ2) is 9.76. The molecule has 6 nitrogen and oxygen atoms in total. The Morgan fingerprint density at radius 2 is 1.89 bits per heavy atom. The summed E-state index contributed by atoms with van der Waals surface area (Å²) in [5.74, 6) is 0.573. The van der Waals surface area contributed by atoms with E-state index in [1.165, 1.54) is 0 Å². The van der Waals surface area contributed by atoms with Crippen LogP contribution in [0.25, 0.3) is 0 Å². The van der Waals surface area contributed by atoms with Crippen LogP contribution in [0, 0.1) is 11.8 Å². The maximum absolute atomic E-state index is 12.9. The van der Waals surface area contributed by atoms with Gasteiger partial charge in [0, 0.05) is 6.42 Å². The van der Waals surface area contributed by atoms with Gasteiger partial charge in [0.1, 0.15) is 11.3 Å². The Morgan fingerprint density at radius 3 is 2.41 bits per heavy atom. The first-order chi connectivity index (χ1) is 12.4. The second-order valence-electron chi connectivity index (χ2n) is 9.26. The third kappa shape index (κ3) is 7.68. The van der Waals surface area contributed by atoms with Crippen LogP contribution in [0.1, 0.15) is 81.1 Å². The van der Waals surface area contributed by atoms with Gasteiger partial charge < -0.3 is 14.2 Å². The standard InChI is InChI=1S/C21H39NO5/c1-9-25-18(23)12-10-11-16(13-15(2)3)17-14-26-21(7,8)22(17)19(24)27-20(4,5)6/h15-17H,9-14H2,1-8H3. The highest BCUT2D eigenvalue weighted by Crippen LogP contribution is 2.36. The highest BCUT2D eigenvalue weighted by molar-refractivity contribution is 5.70. The Kier molecular flexibility index (Phi) is 8.58. The lowest BCUT2D eigenvalue weighted by Gasteiger charge is -2.38. The molecule has 1 amide bonds. The van der Waals surface area contributed by atoms with E-state index < -0.39 is 11.3 Å². The summed E-state index contributed by atoms with van der Waals surface area (Å²) >= 11 is 0. The number of hydrogen-bond donors (Lipinski definition) is 0. The lowest BCUT2D eigenvalue weighted by molar-refractivity contribution is -0.143. The fraction of sp³-hybridized carbons (Fsp3) is 0.905. The van der Waals surface area contributed by atoms with Crippen molar-refractivity contribution in [2.45, 2.75) is 98.4 Å². The molecular formula is C21H39NO5. The molecule has 6 heteroatoms. The van der Waals surface area contributed by atoms with Crippen LogP contribution >= 0.6 is 0 Å². The molecule has 1 heterocycles. The van der Waals surface area contributed by atoms with Crippen LogP contribution in [0.4, 0.5) is 4.79 Å². The van der Waals surface area contributed by atoms with Crippen molar-refractivity contribution < 1.29 is 23.8 Å². The van der Waals surface area contributed by atoms with Crippen LogP contribution in [0.2, 0.25) is 0 Å². The molecule has 158 valence electrons. The van der Waals surface area contributed by atoms with Gasteiger partial charge in [0.25, 0.3) is 0 Å². The zero-order chi connectivity index (χ0) is 20.8. The monoisotopic (exact) mass is 385 g/mol. The van der Waals surface area contributed by atoms with E-state index >= 15 is 0 Å². The van der Waals surface area contributed by atoms with Crippen molar-refractivity contribution in [1.29, 1.82) is 0 Å². The molecule has 0 saturated carbocycles. The van der Waals surface area contributed by atoms with Crippen LogP contribution in [0.5, 0.6) is 0 Å². The third-order valence-corrected chi connectivity index (χ3v) is 4.69. The normalized spacial score (nSPS) is 20.6. The number of hydrogen-bond acceptors (Lipinski definition) is 5. The van der Waals surface area contributed by atoms with E-state index in [1.54, 1.807) is 4.90 Å². The van der Waals surface area contributed by atoms with Gasteiger partial charge in [-0.25, -0.2) is 4.79 Å². The number of nitrogens with zero attached hydrogens (tertiary/aromatic N) is 1. The van der Waals surface area contributed by atoms with Crippen molar-refractivity contribution in [2.75, 3.05) is 13.2 Å². The summed E-state index contributed by atoms with van der Waals surface area (Å²) in [7, 11) is 0. The van der Waals surface area contributed by atoms with Crippen LogP contribution < -0.4 is 0 Å². The zero-order valence-electron chi connectivity index (χ0n) is 18.5. The largest absolute Gasteiger partial charge is 0.466 e. The van der Waals surface area contributed by atoms with E-state index in [0.29, 0.717) is 25.6 Å². The fourth-order valence-corrected chi connectivity index (χ4v) is 3.66. The summed E-state index contributed by atoms with van der Waals surface area (Å²) in [6, 6.07) is -0.0561. The van der Waals surface area contributed by atoms with Gasteiger partial charge in [0.05, 0.1) is 19.3 Å². The molecule has 1 rings (SSSR count).